The summed E-state index contributed by atoms with van der Waals surface area (Å²) in [6, 6.07) is 17.7. The topological polar surface area (TPSA) is 58.6 Å². The third-order valence-electron chi connectivity index (χ3n) is 3.98. The number of nitrogens with zero attached hydrogens (tertiary/aromatic N) is 2. The van der Waals surface area contributed by atoms with Crippen molar-refractivity contribution in [2.24, 2.45) is 0 Å². The van der Waals surface area contributed by atoms with Crippen molar-refractivity contribution in [2.75, 3.05) is 6.26 Å². The molecule has 2 aromatic heterocycles. The molecule has 0 saturated heterocycles. The van der Waals surface area contributed by atoms with Crippen molar-refractivity contribution < 1.29 is 4.79 Å². The number of Topliss-reactive ketones (excluding diaryl/α,β-unsaturated/α-hetero) is 1. The largest absolute Gasteiger partial charge is 0.360 e. The lowest BCUT2D eigenvalue weighted by Gasteiger charge is -2.14. The molecule has 0 radical (unpaired) electrons. The monoisotopic (exact) mass is 397 g/mol. The zero-order valence-corrected chi connectivity index (χ0v) is 16.3. The van der Waals surface area contributed by atoms with Crippen LogP contribution >= 0.6 is 34.9 Å². The predicted octanol–water partition coefficient (Wildman–Crippen LogP) is 5.46. The Hall–Kier alpha value is -2.09. The number of hydrogen-bond acceptors (Lipinski definition) is 6. The fraction of sp³-hybridized carbons (Fsp3) is 0.105. The number of aromatic nitrogens is 3. The molecule has 0 aliphatic rings. The number of ketones is 1. The van der Waals surface area contributed by atoms with Crippen molar-refractivity contribution in [3.8, 4) is 0 Å². The maximum atomic E-state index is 13.4. The number of aromatic amines is 1. The number of carbonyl (C=O) groups is 1. The molecule has 0 bridgehead atoms. The van der Waals surface area contributed by atoms with Crippen molar-refractivity contribution in [3.63, 3.8) is 0 Å². The van der Waals surface area contributed by atoms with Gasteiger partial charge in [0.1, 0.15) is 5.25 Å². The SMILES string of the molecule is CSc1nnc(SC(C(=O)c2c[nH]c3ccccc23)c2ccccc2)s1. The average molecular weight is 398 g/mol. The molecule has 1 N–H and O–H groups in total. The van der Waals surface area contributed by atoms with Crippen LogP contribution in [0.15, 0.2) is 69.5 Å². The van der Waals surface area contributed by atoms with Gasteiger partial charge in [0, 0.05) is 22.7 Å². The average Bonchev–Trinajstić information content (AvgIpc) is 3.33. The highest BCUT2D eigenvalue weighted by atomic mass is 32.2. The van der Waals surface area contributed by atoms with Gasteiger partial charge in [0.25, 0.3) is 0 Å². The first-order valence-corrected chi connectivity index (χ1v) is 10.9. The molecule has 7 heteroatoms. The van der Waals surface area contributed by atoms with E-state index in [-0.39, 0.29) is 11.0 Å². The second-order valence-electron chi connectivity index (χ2n) is 5.56. The molecular formula is C19H15N3OS3. The van der Waals surface area contributed by atoms with Crippen molar-refractivity contribution in [2.45, 2.75) is 13.9 Å². The third-order valence-corrected chi connectivity index (χ3v) is 7.21. The summed E-state index contributed by atoms with van der Waals surface area (Å²) < 4.78 is 1.70. The van der Waals surface area contributed by atoms with Gasteiger partial charge in [-0.3, -0.25) is 4.79 Å². The van der Waals surface area contributed by atoms with Gasteiger partial charge < -0.3 is 4.98 Å². The summed E-state index contributed by atoms with van der Waals surface area (Å²) in [5.74, 6) is 0.0690. The summed E-state index contributed by atoms with van der Waals surface area (Å²) in [6.45, 7) is 0. The van der Waals surface area contributed by atoms with Gasteiger partial charge in [-0.1, -0.05) is 83.4 Å². The van der Waals surface area contributed by atoms with Crippen LogP contribution in [0.25, 0.3) is 10.9 Å². The van der Waals surface area contributed by atoms with E-state index >= 15 is 0 Å². The fourth-order valence-electron chi connectivity index (χ4n) is 2.75. The van der Waals surface area contributed by atoms with Crippen LogP contribution < -0.4 is 0 Å². The number of rotatable bonds is 6. The van der Waals surface area contributed by atoms with E-state index in [9.17, 15) is 4.79 Å². The quantitative estimate of drug-likeness (QED) is 0.346. The summed E-state index contributed by atoms with van der Waals surface area (Å²) in [7, 11) is 0. The molecule has 0 spiro atoms. The van der Waals surface area contributed by atoms with E-state index in [1.807, 2.05) is 60.9 Å². The number of hydrogen-bond donors (Lipinski definition) is 1. The molecule has 1 atom stereocenters. The van der Waals surface area contributed by atoms with E-state index in [1.54, 1.807) is 18.0 Å². The zero-order valence-electron chi connectivity index (χ0n) is 13.9. The van der Waals surface area contributed by atoms with E-state index in [0.717, 1.165) is 25.1 Å². The minimum absolute atomic E-state index is 0.0690. The van der Waals surface area contributed by atoms with Gasteiger partial charge in [-0.05, 0) is 17.9 Å². The molecule has 130 valence electrons. The molecule has 26 heavy (non-hydrogen) atoms. The smallest absolute Gasteiger partial charge is 0.182 e. The molecule has 2 heterocycles. The Labute approximate surface area is 163 Å². The molecule has 1 unspecified atom stereocenters. The molecule has 0 aliphatic carbocycles. The number of para-hydroxylation sites is 1. The molecule has 4 rings (SSSR count). The third kappa shape index (κ3) is 3.42. The van der Waals surface area contributed by atoms with Gasteiger partial charge in [-0.15, -0.1) is 10.2 Å². The van der Waals surface area contributed by atoms with E-state index in [0.29, 0.717) is 5.56 Å². The maximum absolute atomic E-state index is 13.4. The minimum Gasteiger partial charge on any atom is -0.360 e. The second kappa shape index (κ2) is 7.65. The zero-order chi connectivity index (χ0) is 17.9. The molecule has 0 amide bonds. The normalized spacial score (nSPS) is 12.3. The number of benzene rings is 2. The van der Waals surface area contributed by atoms with Crippen LogP contribution in [0.1, 0.15) is 21.2 Å². The predicted molar refractivity (Wildman–Crippen MR) is 109 cm³/mol. The van der Waals surface area contributed by atoms with E-state index in [4.69, 9.17) is 0 Å². The van der Waals surface area contributed by atoms with Gasteiger partial charge in [0.2, 0.25) is 0 Å². The summed E-state index contributed by atoms with van der Waals surface area (Å²) in [6.07, 6.45) is 3.78. The Morgan fingerprint density at radius 1 is 1.04 bits per heavy atom. The first kappa shape index (κ1) is 17.3. The number of carbonyl (C=O) groups excluding carboxylic acids is 1. The number of nitrogens with one attached hydrogen (secondary N) is 1. The van der Waals surface area contributed by atoms with Gasteiger partial charge in [-0.2, -0.15) is 0 Å². The summed E-state index contributed by atoms with van der Waals surface area (Å²) in [4.78, 5) is 16.6. The molecule has 0 fully saturated rings. The Morgan fingerprint density at radius 2 is 1.77 bits per heavy atom. The maximum Gasteiger partial charge on any atom is 0.182 e. The van der Waals surface area contributed by atoms with E-state index < -0.39 is 0 Å². The summed E-state index contributed by atoms with van der Waals surface area (Å²) in [5, 5.41) is 8.96. The number of fused-ring (bicyclic) bond motifs is 1. The molecule has 4 aromatic rings. The fourth-order valence-corrected chi connectivity index (χ4v) is 5.44. The highest BCUT2D eigenvalue weighted by Crippen LogP contribution is 2.41. The lowest BCUT2D eigenvalue weighted by molar-refractivity contribution is 0.0991. The first-order chi connectivity index (χ1) is 12.8. The van der Waals surface area contributed by atoms with Crippen LogP contribution in [-0.4, -0.2) is 27.2 Å². The molecule has 0 saturated carbocycles. The van der Waals surface area contributed by atoms with Gasteiger partial charge in [0.15, 0.2) is 14.5 Å². The number of H-pyrrole nitrogens is 1. The molecule has 4 nitrogen and oxygen atoms in total. The highest BCUT2D eigenvalue weighted by Gasteiger charge is 2.27. The molecular weight excluding hydrogens is 382 g/mol. The molecule has 2 aromatic carbocycles. The van der Waals surface area contributed by atoms with Gasteiger partial charge >= 0.3 is 0 Å². The van der Waals surface area contributed by atoms with Crippen LogP contribution in [0.2, 0.25) is 0 Å². The Morgan fingerprint density at radius 3 is 2.54 bits per heavy atom. The standard InChI is InChI=1S/C19H15N3OS3/c1-24-18-21-22-19(26-18)25-17(12-7-3-2-4-8-12)16(23)14-11-20-15-10-6-5-9-13(14)15/h2-11,17,20H,1H3. The summed E-state index contributed by atoms with van der Waals surface area (Å²) in [5.41, 5.74) is 2.64. The van der Waals surface area contributed by atoms with Crippen LogP contribution in [-0.2, 0) is 0 Å². The van der Waals surface area contributed by atoms with Crippen LogP contribution in [0, 0.1) is 0 Å². The first-order valence-electron chi connectivity index (χ1n) is 7.95. The van der Waals surface area contributed by atoms with Crippen molar-refractivity contribution in [3.05, 3.63) is 71.9 Å². The molecule has 0 aliphatic heterocycles. The summed E-state index contributed by atoms with van der Waals surface area (Å²) >= 11 is 4.54. The van der Waals surface area contributed by atoms with Crippen molar-refractivity contribution in [1.82, 2.24) is 15.2 Å². The van der Waals surface area contributed by atoms with Crippen LogP contribution in [0.4, 0.5) is 0 Å². The highest BCUT2D eigenvalue weighted by molar-refractivity contribution is 8.03. The Balaban J connectivity index is 1.73. The van der Waals surface area contributed by atoms with Crippen molar-refractivity contribution >= 4 is 51.5 Å². The number of thioether (sulfide) groups is 2. The van der Waals surface area contributed by atoms with Crippen LogP contribution in [0.3, 0.4) is 0 Å². The lowest BCUT2D eigenvalue weighted by Crippen LogP contribution is -2.09. The minimum atomic E-state index is -0.363. The Kier molecular flexibility index (Phi) is 5.10. The van der Waals surface area contributed by atoms with Gasteiger partial charge in [-0.25, -0.2) is 0 Å². The van der Waals surface area contributed by atoms with Gasteiger partial charge in [0.05, 0.1) is 0 Å². The second-order valence-corrected chi connectivity index (χ2v) is 8.94. The van der Waals surface area contributed by atoms with E-state index in [1.165, 1.54) is 23.1 Å². The van der Waals surface area contributed by atoms with Crippen molar-refractivity contribution in [1.29, 1.82) is 0 Å². The van der Waals surface area contributed by atoms with Crippen LogP contribution in [0.5, 0.6) is 0 Å². The van der Waals surface area contributed by atoms with E-state index in [2.05, 4.69) is 15.2 Å². The Bertz CT molecular complexity index is 1040. The lowest BCUT2D eigenvalue weighted by atomic mass is 10.0.